The van der Waals surface area contributed by atoms with Crippen molar-refractivity contribution in [3.63, 3.8) is 0 Å². The summed E-state index contributed by atoms with van der Waals surface area (Å²) in [6.07, 6.45) is 0. The molecule has 0 radical (unpaired) electrons. The fraction of sp³-hybridized carbons (Fsp3) is 0.733. The molecule has 0 unspecified atom stereocenters. The zero-order chi connectivity index (χ0) is 15.7. The van der Waals surface area contributed by atoms with E-state index in [-0.39, 0.29) is 5.92 Å². The van der Waals surface area contributed by atoms with Crippen LogP contribution in [0.3, 0.4) is 0 Å². The van der Waals surface area contributed by atoms with Gasteiger partial charge in [-0.3, -0.25) is 0 Å². The van der Waals surface area contributed by atoms with Gasteiger partial charge in [-0.15, -0.1) is 0 Å². The Balaban J connectivity index is 3.27. The van der Waals surface area contributed by atoms with E-state index in [0.717, 1.165) is 23.0 Å². The minimum atomic E-state index is -0.873. The summed E-state index contributed by atoms with van der Waals surface area (Å²) in [5.41, 5.74) is -0.428. The molecular formula is C15H28N4O. The van der Waals surface area contributed by atoms with Crippen molar-refractivity contribution in [2.45, 2.75) is 65.5 Å². The molecule has 0 aliphatic carbocycles. The summed E-state index contributed by atoms with van der Waals surface area (Å²) in [5, 5.41) is 16.7. The molecule has 0 aliphatic rings. The summed E-state index contributed by atoms with van der Waals surface area (Å²) in [6.45, 7) is 13.6. The van der Waals surface area contributed by atoms with Crippen LogP contribution < -0.4 is 10.6 Å². The number of aliphatic hydroxyl groups is 1. The quantitative estimate of drug-likeness (QED) is 0.773. The molecule has 3 N–H and O–H groups in total. The fourth-order valence-corrected chi connectivity index (χ4v) is 1.61. The Hall–Kier alpha value is -1.36. The Bertz CT molecular complexity index is 475. The van der Waals surface area contributed by atoms with Crippen molar-refractivity contribution in [3.8, 4) is 0 Å². The standard InChI is InChI=1S/C15H28N4O/c1-9(2)11-17-12(16-8)10(3)13(18-11)19-14(4,5)15(6,7)20/h9,20H,1-8H3,(H2,16,17,18,19). The minimum absolute atomic E-state index is 0.244. The van der Waals surface area contributed by atoms with Gasteiger partial charge < -0.3 is 15.7 Å². The Kier molecular flexibility index (Phi) is 4.64. The molecule has 20 heavy (non-hydrogen) atoms. The molecule has 1 aromatic rings. The first-order chi connectivity index (χ1) is 8.99. The van der Waals surface area contributed by atoms with Gasteiger partial charge in [0.1, 0.15) is 17.5 Å². The van der Waals surface area contributed by atoms with Gasteiger partial charge in [0.05, 0.1) is 11.1 Å². The maximum Gasteiger partial charge on any atom is 0.135 e. The highest BCUT2D eigenvalue weighted by molar-refractivity contribution is 5.58. The number of hydrogen-bond acceptors (Lipinski definition) is 5. The topological polar surface area (TPSA) is 70.1 Å². The van der Waals surface area contributed by atoms with Gasteiger partial charge in [-0.2, -0.15) is 0 Å². The first kappa shape index (κ1) is 16.7. The van der Waals surface area contributed by atoms with Gasteiger partial charge in [-0.05, 0) is 34.6 Å². The molecule has 5 heteroatoms. The molecule has 0 aromatic carbocycles. The highest BCUT2D eigenvalue weighted by Crippen LogP contribution is 2.29. The van der Waals surface area contributed by atoms with Crippen LogP contribution in [0, 0.1) is 6.92 Å². The molecule has 1 aromatic heterocycles. The van der Waals surface area contributed by atoms with Crippen molar-refractivity contribution in [2.24, 2.45) is 0 Å². The molecular weight excluding hydrogens is 252 g/mol. The summed E-state index contributed by atoms with van der Waals surface area (Å²) < 4.78 is 0. The molecule has 0 amide bonds. The highest BCUT2D eigenvalue weighted by atomic mass is 16.3. The van der Waals surface area contributed by atoms with Gasteiger partial charge in [0.2, 0.25) is 0 Å². The van der Waals surface area contributed by atoms with Crippen molar-refractivity contribution < 1.29 is 5.11 Å². The van der Waals surface area contributed by atoms with Crippen LogP contribution in [0.4, 0.5) is 11.6 Å². The molecule has 0 fully saturated rings. The Morgan fingerprint density at radius 2 is 1.55 bits per heavy atom. The van der Waals surface area contributed by atoms with Crippen molar-refractivity contribution in [1.82, 2.24) is 9.97 Å². The fourth-order valence-electron chi connectivity index (χ4n) is 1.61. The third-order valence-electron chi connectivity index (χ3n) is 3.88. The van der Waals surface area contributed by atoms with E-state index in [1.54, 1.807) is 13.8 Å². The predicted molar refractivity (Wildman–Crippen MR) is 84.4 cm³/mol. The Morgan fingerprint density at radius 1 is 1.05 bits per heavy atom. The lowest BCUT2D eigenvalue weighted by molar-refractivity contribution is 0.0238. The van der Waals surface area contributed by atoms with E-state index >= 15 is 0 Å². The first-order valence-electron chi connectivity index (χ1n) is 7.06. The normalized spacial score (nSPS) is 12.7. The summed E-state index contributed by atoms with van der Waals surface area (Å²) in [5.74, 6) is 2.61. The first-order valence-corrected chi connectivity index (χ1v) is 7.06. The van der Waals surface area contributed by atoms with E-state index in [1.807, 2.05) is 27.8 Å². The van der Waals surface area contributed by atoms with Gasteiger partial charge in [0, 0.05) is 18.5 Å². The van der Waals surface area contributed by atoms with Crippen LogP contribution in [0.5, 0.6) is 0 Å². The number of hydrogen-bond donors (Lipinski definition) is 3. The average Bonchev–Trinajstić information content (AvgIpc) is 2.29. The summed E-state index contributed by atoms with van der Waals surface area (Å²) in [4.78, 5) is 9.12. The Morgan fingerprint density at radius 3 is 1.95 bits per heavy atom. The zero-order valence-electron chi connectivity index (χ0n) is 13.9. The molecule has 0 spiro atoms. The van der Waals surface area contributed by atoms with E-state index in [0.29, 0.717) is 0 Å². The number of rotatable bonds is 5. The lowest BCUT2D eigenvalue weighted by Crippen LogP contribution is -2.51. The highest BCUT2D eigenvalue weighted by Gasteiger charge is 2.35. The van der Waals surface area contributed by atoms with E-state index in [1.165, 1.54) is 0 Å². The Labute approximate surface area is 122 Å². The molecule has 0 bridgehead atoms. The number of nitrogens with zero attached hydrogens (tertiary/aromatic N) is 2. The van der Waals surface area contributed by atoms with Crippen LogP contribution in [-0.4, -0.2) is 33.3 Å². The number of anilines is 2. The summed E-state index contributed by atoms with van der Waals surface area (Å²) >= 11 is 0. The maximum atomic E-state index is 10.3. The van der Waals surface area contributed by atoms with E-state index in [2.05, 4.69) is 34.4 Å². The molecule has 0 saturated heterocycles. The largest absolute Gasteiger partial charge is 0.388 e. The van der Waals surface area contributed by atoms with Gasteiger partial charge in [0.15, 0.2) is 0 Å². The van der Waals surface area contributed by atoms with Crippen molar-refractivity contribution in [1.29, 1.82) is 0 Å². The van der Waals surface area contributed by atoms with Crippen molar-refractivity contribution in [3.05, 3.63) is 11.4 Å². The second-order valence-corrected chi connectivity index (χ2v) is 6.62. The van der Waals surface area contributed by atoms with Crippen LogP contribution in [0.25, 0.3) is 0 Å². The third kappa shape index (κ3) is 3.39. The van der Waals surface area contributed by atoms with E-state index in [9.17, 15) is 5.11 Å². The van der Waals surface area contributed by atoms with Gasteiger partial charge >= 0.3 is 0 Å². The van der Waals surface area contributed by atoms with Crippen molar-refractivity contribution in [2.75, 3.05) is 17.7 Å². The lowest BCUT2D eigenvalue weighted by Gasteiger charge is -2.39. The maximum absolute atomic E-state index is 10.3. The average molecular weight is 280 g/mol. The smallest absolute Gasteiger partial charge is 0.135 e. The van der Waals surface area contributed by atoms with E-state index < -0.39 is 11.1 Å². The van der Waals surface area contributed by atoms with Crippen LogP contribution in [-0.2, 0) is 0 Å². The van der Waals surface area contributed by atoms with Gasteiger partial charge in [-0.25, -0.2) is 9.97 Å². The molecule has 1 rings (SSSR count). The van der Waals surface area contributed by atoms with Crippen LogP contribution in [0.1, 0.15) is 58.8 Å². The SMILES string of the molecule is CNc1nc(C(C)C)nc(NC(C)(C)C(C)(C)O)c1C. The predicted octanol–water partition coefficient (Wildman–Crippen LogP) is 2.91. The van der Waals surface area contributed by atoms with Crippen LogP contribution in [0.15, 0.2) is 0 Å². The van der Waals surface area contributed by atoms with E-state index in [4.69, 9.17) is 0 Å². The molecule has 5 nitrogen and oxygen atoms in total. The summed E-state index contributed by atoms with van der Waals surface area (Å²) in [6, 6.07) is 0. The molecule has 0 saturated carbocycles. The monoisotopic (exact) mass is 280 g/mol. The van der Waals surface area contributed by atoms with Gasteiger partial charge in [0.25, 0.3) is 0 Å². The zero-order valence-corrected chi connectivity index (χ0v) is 13.9. The van der Waals surface area contributed by atoms with Crippen LogP contribution in [0.2, 0.25) is 0 Å². The lowest BCUT2D eigenvalue weighted by atomic mass is 9.86. The number of nitrogens with one attached hydrogen (secondary N) is 2. The van der Waals surface area contributed by atoms with Gasteiger partial charge in [-0.1, -0.05) is 13.8 Å². The van der Waals surface area contributed by atoms with Crippen molar-refractivity contribution >= 4 is 11.6 Å². The molecule has 114 valence electrons. The molecule has 0 aliphatic heterocycles. The second kappa shape index (κ2) is 5.56. The number of aromatic nitrogens is 2. The molecule has 1 heterocycles. The second-order valence-electron chi connectivity index (χ2n) is 6.62. The van der Waals surface area contributed by atoms with Crippen LogP contribution >= 0.6 is 0 Å². The summed E-state index contributed by atoms with van der Waals surface area (Å²) in [7, 11) is 1.85. The minimum Gasteiger partial charge on any atom is -0.388 e. The molecule has 0 atom stereocenters. The third-order valence-corrected chi connectivity index (χ3v) is 3.88.